The fourth-order valence-electron chi connectivity index (χ4n) is 2.36. The predicted octanol–water partition coefficient (Wildman–Crippen LogP) is 3.49. The van der Waals surface area contributed by atoms with E-state index in [4.69, 9.17) is 9.47 Å². The molecule has 1 aromatic carbocycles. The Bertz CT molecular complexity index is 856. The van der Waals surface area contributed by atoms with Gasteiger partial charge in [-0.15, -0.1) is 10.2 Å². The van der Waals surface area contributed by atoms with Gasteiger partial charge in [0.25, 0.3) is 5.56 Å². The van der Waals surface area contributed by atoms with Gasteiger partial charge in [0.15, 0.2) is 11.5 Å². The van der Waals surface area contributed by atoms with Gasteiger partial charge in [-0.3, -0.25) is 9.78 Å². The van der Waals surface area contributed by atoms with Crippen LogP contribution in [0.2, 0.25) is 0 Å². The maximum absolute atomic E-state index is 12.1. The van der Waals surface area contributed by atoms with E-state index in [2.05, 4.69) is 32.6 Å². The number of unbranched alkanes of at least 4 members (excludes halogenated alkanes) is 1. The number of anilines is 1. The summed E-state index contributed by atoms with van der Waals surface area (Å²) in [5.41, 5.74) is 3.22. The zero-order valence-corrected chi connectivity index (χ0v) is 17.2. The van der Waals surface area contributed by atoms with Gasteiger partial charge in [0.1, 0.15) is 5.69 Å². The van der Waals surface area contributed by atoms with Crippen LogP contribution in [-0.4, -0.2) is 34.6 Å². The Morgan fingerprint density at radius 2 is 1.96 bits per heavy atom. The van der Waals surface area contributed by atoms with Gasteiger partial charge in [-0.1, -0.05) is 34.1 Å². The van der Waals surface area contributed by atoms with E-state index in [1.54, 1.807) is 6.21 Å². The van der Waals surface area contributed by atoms with E-state index < -0.39 is 0 Å². The van der Waals surface area contributed by atoms with Crippen LogP contribution in [-0.2, 0) is 5.41 Å². The van der Waals surface area contributed by atoms with Gasteiger partial charge in [-0.2, -0.15) is 5.10 Å². The maximum atomic E-state index is 12.1. The van der Waals surface area contributed by atoms with Crippen LogP contribution in [0.3, 0.4) is 0 Å². The van der Waals surface area contributed by atoms with Crippen molar-refractivity contribution < 1.29 is 9.47 Å². The molecule has 0 saturated heterocycles. The van der Waals surface area contributed by atoms with E-state index in [0.717, 1.165) is 18.4 Å². The molecular weight excluding hydrogens is 358 g/mol. The molecule has 28 heavy (non-hydrogen) atoms. The molecule has 2 rings (SSSR count). The maximum Gasteiger partial charge on any atom is 0.274 e. The lowest BCUT2D eigenvalue weighted by atomic mass is 9.93. The van der Waals surface area contributed by atoms with E-state index >= 15 is 0 Å². The third-order valence-corrected chi connectivity index (χ3v) is 3.81. The fraction of sp³-hybridized carbons (Fsp3) is 0.500. The Morgan fingerprint density at radius 3 is 2.61 bits per heavy atom. The van der Waals surface area contributed by atoms with Crippen LogP contribution in [0.1, 0.15) is 58.7 Å². The number of hydrogen-bond acceptors (Lipinski definition) is 7. The van der Waals surface area contributed by atoms with Gasteiger partial charge < -0.3 is 9.47 Å². The highest BCUT2D eigenvalue weighted by Crippen LogP contribution is 2.28. The third kappa shape index (κ3) is 6.07. The Balaban J connectivity index is 2.08. The summed E-state index contributed by atoms with van der Waals surface area (Å²) in [4.78, 5) is 14.7. The number of aromatic amines is 1. The summed E-state index contributed by atoms with van der Waals surface area (Å²) in [6.07, 6.45) is 3.67. The molecule has 0 aliphatic heterocycles. The summed E-state index contributed by atoms with van der Waals surface area (Å²) in [5.74, 6) is 1.57. The van der Waals surface area contributed by atoms with Crippen molar-refractivity contribution in [2.75, 3.05) is 18.6 Å². The van der Waals surface area contributed by atoms with Crippen LogP contribution in [0.25, 0.3) is 0 Å². The zero-order chi connectivity index (χ0) is 20.6. The van der Waals surface area contributed by atoms with Crippen LogP contribution in [0, 0.1) is 0 Å². The average molecular weight is 387 g/mol. The molecule has 2 N–H and O–H groups in total. The first-order valence-corrected chi connectivity index (χ1v) is 9.51. The van der Waals surface area contributed by atoms with Crippen molar-refractivity contribution >= 4 is 12.2 Å². The van der Waals surface area contributed by atoms with Crippen LogP contribution in [0.4, 0.5) is 5.95 Å². The normalized spacial score (nSPS) is 11.6. The van der Waals surface area contributed by atoms with E-state index in [9.17, 15) is 4.79 Å². The van der Waals surface area contributed by atoms with E-state index in [1.807, 2.05) is 45.9 Å². The number of aromatic nitrogens is 3. The molecule has 0 atom stereocenters. The van der Waals surface area contributed by atoms with Crippen LogP contribution >= 0.6 is 0 Å². The van der Waals surface area contributed by atoms with Crippen molar-refractivity contribution in [3.63, 3.8) is 0 Å². The summed E-state index contributed by atoms with van der Waals surface area (Å²) >= 11 is 0. The number of hydrazone groups is 1. The van der Waals surface area contributed by atoms with Crippen molar-refractivity contribution in [2.45, 2.75) is 52.9 Å². The molecule has 1 heterocycles. The topological polar surface area (TPSA) is 101 Å². The number of benzene rings is 1. The molecule has 0 bridgehead atoms. The second kappa shape index (κ2) is 9.87. The van der Waals surface area contributed by atoms with Gasteiger partial charge in [0.05, 0.1) is 19.4 Å². The molecule has 0 saturated carbocycles. The summed E-state index contributed by atoms with van der Waals surface area (Å²) in [5, 5.41) is 12.1. The Morgan fingerprint density at radius 1 is 1.18 bits per heavy atom. The number of H-pyrrole nitrogens is 1. The van der Waals surface area contributed by atoms with Crippen LogP contribution in [0.15, 0.2) is 28.1 Å². The third-order valence-electron chi connectivity index (χ3n) is 3.81. The Hall–Kier alpha value is -2.90. The van der Waals surface area contributed by atoms with Gasteiger partial charge in [-0.25, -0.2) is 5.43 Å². The van der Waals surface area contributed by atoms with Gasteiger partial charge in [0.2, 0.25) is 5.95 Å². The zero-order valence-electron chi connectivity index (χ0n) is 17.2. The molecule has 0 aliphatic carbocycles. The smallest absolute Gasteiger partial charge is 0.274 e. The SMILES string of the molecule is CCCCOc1ccc(/C=N/Nc2nnc(C(C)(C)C)c(=O)[nH]2)cc1OCC. The molecule has 0 spiro atoms. The van der Waals surface area contributed by atoms with Gasteiger partial charge in [0, 0.05) is 5.41 Å². The standard InChI is InChI=1S/C20H29N5O3/c1-6-8-11-28-15-10-9-14(12-16(15)27-7-2)13-21-24-19-22-18(26)17(23-25-19)20(3,4)5/h9-10,12-13H,6-8,11H2,1-5H3,(H2,22,24,25,26)/b21-13+. The summed E-state index contributed by atoms with van der Waals surface area (Å²) < 4.78 is 11.4. The molecule has 0 amide bonds. The number of rotatable bonds is 9. The quantitative estimate of drug-likeness (QED) is 0.388. The second-order valence-electron chi connectivity index (χ2n) is 7.31. The molecule has 8 nitrogen and oxygen atoms in total. The Labute approximate surface area is 165 Å². The first-order chi connectivity index (χ1) is 13.3. The summed E-state index contributed by atoms with van der Waals surface area (Å²) in [7, 11) is 0. The molecule has 2 aromatic rings. The molecule has 0 aliphatic rings. The minimum Gasteiger partial charge on any atom is -0.490 e. The molecule has 8 heteroatoms. The van der Waals surface area contributed by atoms with E-state index in [1.165, 1.54) is 0 Å². The highest BCUT2D eigenvalue weighted by atomic mass is 16.5. The Kier molecular flexibility index (Phi) is 7.54. The molecule has 0 radical (unpaired) electrons. The lowest BCUT2D eigenvalue weighted by Crippen LogP contribution is -2.28. The van der Waals surface area contributed by atoms with Gasteiger partial charge in [-0.05, 0) is 37.1 Å². The lowest BCUT2D eigenvalue weighted by molar-refractivity contribution is 0.272. The number of nitrogens with one attached hydrogen (secondary N) is 2. The van der Waals surface area contributed by atoms with E-state index in [0.29, 0.717) is 30.4 Å². The first kappa shape index (κ1) is 21.4. The molecular formula is C20H29N5O3. The highest BCUT2D eigenvalue weighted by molar-refractivity contribution is 5.81. The average Bonchev–Trinajstić information content (AvgIpc) is 2.63. The van der Waals surface area contributed by atoms with Crippen molar-refractivity contribution in [3.05, 3.63) is 39.8 Å². The van der Waals surface area contributed by atoms with E-state index in [-0.39, 0.29) is 16.9 Å². The number of nitrogens with zero attached hydrogens (tertiary/aromatic N) is 3. The highest BCUT2D eigenvalue weighted by Gasteiger charge is 2.20. The van der Waals surface area contributed by atoms with Crippen molar-refractivity contribution in [1.82, 2.24) is 15.2 Å². The molecule has 152 valence electrons. The molecule has 0 unspecified atom stereocenters. The van der Waals surface area contributed by atoms with Crippen molar-refractivity contribution in [1.29, 1.82) is 0 Å². The summed E-state index contributed by atoms with van der Waals surface area (Å²) in [6, 6.07) is 5.60. The lowest BCUT2D eigenvalue weighted by Gasteiger charge is -2.15. The molecule has 0 fully saturated rings. The number of hydrogen-bond donors (Lipinski definition) is 2. The minimum atomic E-state index is -0.376. The minimum absolute atomic E-state index is 0.179. The predicted molar refractivity (Wildman–Crippen MR) is 111 cm³/mol. The molecule has 1 aromatic heterocycles. The monoisotopic (exact) mass is 387 g/mol. The summed E-state index contributed by atoms with van der Waals surface area (Å²) in [6.45, 7) is 11.0. The van der Waals surface area contributed by atoms with Crippen LogP contribution < -0.4 is 20.5 Å². The largest absolute Gasteiger partial charge is 0.490 e. The van der Waals surface area contributed by atoms with Crippen molar-refractivity contribution in [3.8, 4) is 11.5 Å². The van der Waals surface area contributed by atoms with Crippen molar-refractivity contribution in [2.24, 2.45) is 5.10 Å². The number of ether oxygens (including phenoxy) is 2. The fourth-order valence-corrected chi connectivity index (χ4v) is 2.36. The van der Waals surface area contributed by atoms with Gasteiger partial charge >= 0.3 is 0 Å². The van der Waals surface area contributed by atoms with Crippen LogP contribution in [0.5, 0.6) is 11.5 Å². The second-order valence-corrected chi connectivity index (χ2v) is 7.31. The first-order valence-electron chi connectivity index (χ1n) is 9.51.